The quantitative estimate of drug-likeness (QED) is 0.645. The number of ether oxygens (including phenoxy) is 1. The Morgan fingerprint density at radius 2 is 2.25 bits per heavy atom. The topological polar surface area (TPSA) is 58.6 Å². The largest absolute Gasteiger partial charge is 0.480 e. The van der Waals surface area contributed by atoms with E-state index in [-0.39, 0.29) is 6.04 Å². The number of carbonyl (C=O) groups is 1. The van der Waals surface area contributed by atoms with Crippen molar-refractivity contribution in [2.24, 2.45) is 5.92 Å². The average molecular weight is 227 g/mol. The molecule has 0 aromatic rings. The molecule has 2 unspecified atom stereocenters. The second-order valence-corrected chi connectivity index (χ2v) is 4.88. The number of aliphatic carboxylic acids is 1. The van der Waals surface area contributed by atoms with E-state index in [1.165, 1.54) is 12.8 Å². The van der Waals surface area contributed by atoms with Crippen molar-refractivity contribution in [2.75, 3.05) is 13.2 Å². The number of carboxylic acid groups (broad SMARTS) is 1. The molecule has 0 radical (unpaired) electrons. The summed E-state index contributed by atoms with van der Waals surface area (Å²) < 4.78 is 5.52. The lowest BCUT2D eigenvalue weighted by atomic mass is 10.1. The number of rotatable bonds is 7. The Labute approximate surface area is 96.4 Å². The Kier molecular flexibility index (Phi) is 4.18. The SMILES string of the molecule is O=C(O)C(NCCCC1CCCO1)C1CC1. The van der Waals surface area contributed by atoms with Crippen LogP contribution in [0.3, 0.4) is 0 Å². The van der Waals surface area contributed by atoms with Crippen molar-refractivity contribution in [1.29, 1.82) is 0 Å². The lowest BCUT2D eigenvalue weighted by molar-refractivity contribution is -0.140. The van der Waals surface area contributed by atoms with Crippen LogP contribution in [-0.2, 0) is 9.53 Å². The molecule has 1 aliphatic carbocycles. The highest BCUT2D eigenvalue weighted by Gasteiger charge is 2.35. The number of hydrogen-bond donors (Lipinski definition) is 2. The standard InChI is InChI=1S/C12H21NO3/c14-12(15)11(9-5-6-9)13-7-1-3-10-4-2-8-16-10/h9-11,13H,1-8H2,(H,14,15). The molecule has 0 aromatic heterocycles. The first-order valence-electron chi connectivity index (χ1n) is 6.35. The Morgan fingerprint density at radius 1 is 1.44 bits per heavy atom. The highest BCUT2D eigenvalue weighted by molar-refractivity contribution is 5.74. The Morgan fingerprint density at radius 3 is 2.81 bits per heavy atom. The van der Waals surface area contributed by atoms with Gasteiger partial charge in [-0.1, -0.05) is 0 Å². The van der Waals surface area contributed by atoms with Crippen molar-refractivity contribution < 1.29 is 14.6 Å². The molecule has 92 valence electrons. The van der Waals surface area contributed by atoms with E-state index in [9.17, 15) is 4.79 Å². The summed E-state index contributed by atoms with van der Waals surface area (Å²) in [6.07, 6.45) is 6.98. The van der Waals surface area contributed by atoms with E-state index < -0.39 is 5.97 Å². The second-order valence-electron chi connectivity index (χ2n) is 4.88. The Bertz CT molecular complexity index is 234. The smallest absolute Gasteiger partial charge is 0.320 e. The molecule has 2 aliphatic rings. The third-order valence-electron chi connectivity index (χ3n) is 3.45. The lowest BCUT2D eigenvalue weighted by Gasteiger charge is -2.14. The first-order chi connectivity index (χ1) is 7.77. The minimum Gasteiger partial charge on any atom is -0.480 e. The van der Waals surface area contributed by atoms with Crippen LogP contribution >= 0.6 is 0 Å². The molecule has 1 saturated carbocycles. The second kappa shape index (κ2) is 5.64. The summed E-state index contributed by atoms with van der Waals surface area (Å²) in [7, 11) is 0. The van der Waals surface area contributed by atoms with Crippen LogP contribution in [0, 0.1) is 5.92 Å². The normalized spacial score (nSPS) is 26.9. The molecular formula is C12H21NO3. The molecule has 0 bridgehead atoms. The fraction of sp³-hybridized carbons (Fsp3) is 0.917. The summed E-state index contributed by atoms with van der Waals surface area (Å²) in [6, 6.07) is -0.315. The minimum atomic E-state index is -0.695. The lowest BCUT2D eigenvalue weighted by Crippen LogP contribution is -2.39. The molecule has 2 rings (SSSR count). The van der Waals surface area contributed by atoms with Crippen molar-refractivity contribution in [3.63, 3.8) is 0 Å². The van der Waals surface area contributed by atoms with Gasteiger partial charge in [0.05, 0.1) is 6.10 Å². The van der Waals surface area contributed by atoms with Crippen molar-refractivity contribution in [1.82, 2.24) is 5.32 Å². The van der Waals surface area contributed by atoms with Crippen LogP contribution in [0.1, 0.15) is 38.5 Å². The minimum absolute atomic E-state index is 0.315. The van der Waals surface area contributed by atoms with Crippen molar-refractivity contribution in [3.8, 4) is 0 Å². The molecule has 0 spiro atoms. The van der Waals surface area contributed by atoms with Crippen LogP contribution in [0.5, 0.6) is 0 Å². The Hall–Kier alpha value is -0.610. The highest BCUT2D eigenvalue weighted by atomic mass is 16.5. The van der Waals surface area contributed by atoms with E-state index in [2.05, 4.69) is 5.32 Å². The van der Waals surface area contributed by atoms with Gasteiger partial charge in [0.25, 0.3) is 0 Å². The summed E-state index contributed by atoms with van der Waals surface area (Å²) >= 11 is 0. The molecule has 1 aliphatic heterocycles. The molecular weight excluding hydrogens is 206 g/mol. The molecule has 2 atom stereocenters. The maximum atomic E-state index is 10.9. The van der Waals surface area contributed by atoms with Gasteiger partial charge in [-0.2, -0.15) is 0 Å². The maximum Gasteiger partial charge on any atom is 0.320 e. The highest BCUT2D eigenvalue weighted by Crippen LogP contribution is 2.32. The van der Waals surface area contributed by atoms with Crippen LogP contribution in [0.4, 0.5) is 0 Å². The number of carboxylic acids is 1. The van der Waals surface area contributed by atoms with Gasteiger partial charge in [0.1, 0.15) is 6.04 Å². The van der Waals surface area contributed by atoms with E-state index >= 15 is 0 Å². The first-order valence-corrected chi connectivity index (χ1v) is 6.35. The van der Waals surface area contributed by atoms with E-state index in [1.54, 1.807) is 0 Å². The summed E-state index contributed by atoms with van der Waals surface area (Å²) in [5.74, 6) is -0.320. The van der Waals surface area contributed by atoms with E-state index in [1.807, 2.05) is 0 Å². The van der Waals surface area contributed by atoms with E-state index in [4.69, 9.17) is 9.84 Å². The van der Waals surface area contributed by atoms with Crippen LogP contribution in [-0.4, -0.2) is 36.4 Å². The Balaban J connectivity index is 1.57. The number of nitrogens with one attached hydrogen (secondary N) is 1. The average Bonchev–Trinajstić information content (AvgIpc) is 2.94. The molecule has 2 N–H and O–H groups in total. The summed E-state index contributed by atoms with van der Waals surface area (Å²) in [6.45, 7) is 1.70. The van der Waals surface area contributed by atoms with Gasteiger partial charge < -0.3 is 15.2 Å². The zero-order valence-corrected chi connectivity index (χ0v) is 9.65. The molecule has 0 aromatic carbocycles. The van der Waals surface area contributed by atoms with E-state index in [0.29, 0.717) is 12.0 Å². The van der Waals surface area contributed by atoms with Crippen molar-refractivity contribution >= 4 is 5.97 Å². The van der Waals surface area contributed by atoms with Crippen LogP contribution in [0.15, 0.2) is 0 Å². The van der Waals surface area contributed by atoms with Crippen LogP contribution < -0.4 is 5.32 Å². The van der Waals surface area contributed by atoms with Crippen LogP contribution in [0.2, 0.25) is 0 Å². The van der Waals surface area contributed by atoms with Crippen molar-refractivity contribution in [3.05, 3.63) is 0 Å². The van der Waals surface area contributed by atoms with Gasteiger partial charge in [-0.25, -0.2) is 0 Å². The van der Waals surface area contributed by atoms with Gasteiger partial charge in [-0.15, -0.1) is 0 Å². The molecule has 1 saturated heterocycles. The maximum absolute atomic E-state index is 10.9. The molecule has 4 nitrogen and oxygen atoms in total. The van der Waals surface area contributed by atoms with E-state index in [0.717, 1.165) is 38.8 Å². The van der Waals surface area contributed by atoms with Gasteiger partial charge in [0.2, 0.25) is 0 Å². The first kappa shape index (κ1) is 11.9. The zero-order chi connectivity index (χ0) is 11.4. The summed E-state index contributed by atoms with van der Waals surface area (Å²) in [5.41, 5.74) is 0. The summed E-state index contributed by atoms with van der Waals surface area (Å²) in [5, 5.41) is 12.2. The zero-order valence-electron chi connectivity index (χ0n) is 9.65. The summed E-state index contributed by atoms with van der Waals surface area (Å²) in [4.78, 5) is 10.9. The number of hydrogen-bond acceptors (Lipinski definition) is 3. The van der Waals surface area contributed by atoms with Gasteiger partial charge in [0.15, 0.2) is 0 Å². The fourth-order valence-electron chi connectivity index (χ4n) is 2.34. The third kappa shape index (κ3) is 3.46. The molecule has 1 heterocycles. The molecule has 16 heavy (non-hydrogen) atoms. The third-order valence-corrected chi connectivity index (χ3v) is 3.45. The van der Waals surface area contributed by atoms with Gasteiger partial charge in [0, 0.05) is 6.61 Å². The van der Waals surface area contributed by atoms with Crippen LogP contribution in [0.25, 0.3) is 0 Å². The fourth-order valence-corrected chi connectivity index (χ4v) is 2.34. The molecule has 0 amide bonds. The monoisotopic (exact) mass is 227 g/mol. The van der Waals surface area contributed by atoms with Crippen molar-refractivity contribution in [2.45, 2.75) is 50.7 Å². The van der Waals surface area contributed by atoms with Gasteiger partial charge in [-0.05, 0) is 51.0 Å². The molecule has 2 fully saturated rings. The van der Waals surface area contributed by atoms with Gasteiger partial charge in [-0.3, -0.25) is 4.79 Å². The van der Waals surface area contributed by atoms with Gasteiger partial charge >= 0.3 is 5.97 Å². The predicted molar refractivity (Wildman–Crippen MR) is 60.4 cm³/mol. The molecule has 4 heteroatoms. The predicted octanol–water partition coefficient (Wildman–Crippen LogP) is 1.40.